The Morgan fingerprint density at radius 1 is 1.24 bits per heavy atom. The van der Waals surface area contributed by atoms with Gasteiger partial charge in [-0.3, -0.25) is 28.6 Å². The molecule has 1 aromatic rings. The first-order chi connectivity index (χ1) is 11.6. The van der Waals surface area contributed by atoms with Gasteiger partial charge in [-0.05, 0) is 24.3 Å². The van der Waals surface area contributed by atoms with Crippen LogP contribution in [0.5, 0.6) is 0 Å². The van der Waals surface area contributed by atoms with Crippen molar-refractivity contribution in [2.75, 3.05) is 16.3 Å². The number of hydrogen-bond acceptors (Lipinski definition) is 6. The molecule has 134 valence electrons. The van der Waals surface area contributed by atoms with E-state index < -0.39 is 45.9 Å². The Bertz CT molecular complexity index is 835. The fourth-order valence-electron chi connectivity index (χ4n) is 2.22. The molecule has 1 fully saturated rings. The molecule has 1 saturated heterocycles. The summed E-state index contributed by atoms with van der Waals surface area (Å²) in [5.41, 5.74) is 0.668. The zero-order valence-corrected chi connectivity index (χ0v) is 15.6. The number of benzene rings is 1. The zero-order valence-electron chi connectivity index (χ0n) is 12.6. The second-order valence-electron chi connectivity index (χ2n) is 5.21. The van der Waals surface area contributed by atoms with Crippen molar-refractivity contribution >= 4 is 61.9 Å². The molecule has 3 amide bonds. The lowest BCUT2D eigenvalue weighted by Gasteiger charge is -2.13. The molecule has 9 nitrogen and oxygen atoms in total. The number of anilines is 1. The van der Waals surface area contributed by atoms with Crippen molar-refractivity contribution in [1.29, 1.82) is 0 Å². The van der Waals surface area contributed by atoms with Gasteiger partial charge in [-0.25, -0.2) is 0 Å². The molecule has 1 unspecified atom stereocenters. The van der Waals surface area contributed by atoms with Gasteiger partial charge in [0, 0.05) is 11.3 Å². The minimum absolute atomic E-state index is 0.184. The maximum Gasteiger partial charge on any atom is 0.277 e. The van der Waals surface area contributed by atoms with E-state index in [2.05, 4.69) is 5.32 Å². The molecular weight excluding hydrogens is 467 g/mol. The Morgan fingerprint density at radius 3 is 2.32 bits per heavy atom. The molecule has 25 heavy (non-hydrogen) atoms. The minimum Gasteiger partial charge on any atom is -0.325 e. The van der Waals surface area contributed by atoms with E-state index in [0.717, 1.165) is 0 Å². The van der Waals surface area contributed by atoms with Crippen molar-refractivity contribution < 1.29 is 32.1 Å². The van der Waals surface area contributed by atoms with E-state index in [1.807, 2.05) is 22.6 Å². The third kappa shape index (κ3) is 4.61. The molecule has 1 heterocycles. The Morgan fingerprint density at radius 2 is 1.84 bits per heavy atom. The average Bonchev–Trinajstić information content (AvgIpc) is 2.83. The van der Waals surface area contributed by atoms with Crippen LogP contribution in [0, 0.1) is 0 Å². The van der Waals surface area contributed by atoms with E-state index >= 15 is 0 Å². The first-order valence-corrected chi connectivity index (χ1v) is 9.96. The van der Waals surface area contributed by atoms with Gasteiger partial charge in [0.1, 0.15) is 0 Å². The molecule has 0 bridgehead atoms. The largest absolute Gasteiger partial charge is 0.325 e. The summed E-state index contributed by atoms with van der Waals surface area (Å²) < 4.78 is 31.4. The van der Waals surface area contributed by atoms with Crippen molar-refractivity contribution in [3.63, 3.8) is 0 Å². The molecule has 0 spiro atoms. The van der Waals surface area contributed by atoms with Gasteiger partial charge in [-0.1, -0.05) is 22.6 Å². The van der Waals surface area contributed by atoms with Crippen LogP contribution in [0.2, 0.25) is 0 Å². The maximum absolute atomic E-state index is 12.2. The van der Waals surface area contributed by atoms with E-state index in [9.17, 15) is 27.6 Å². The van der Waals surface area contributed by atoms with Crippen LogP contribution in [0.1, 0.15) is 16.8 Å². The first-order valence-electron chi connectivity index (χ1n) is 6.93. The highest BCUT2D eigenvalue weighted by molar-refractivity contribution is 14.1. The van der Waals surface area contributed by atoms with Crippen LogP contribution in [0.3, 0.4) is 0 Å². The van der Waals surface area contributed by atoms with Crippen LogP contribution in [0.4, 0.5) is 5.69 Å². The SMILES string of the molecule is O=C(CI)Nc1ccc(C(=O)CN2C(=O)CC(S(=O)(=O)O)C2=O)cc1. The Labute approximate surface area is 156 Å². The average molecular weight is 480 g/mol. The van der Waals surface area contributed by atoms with Gasteiger partial charge >= 0.3 is 0 Å². The fraction of sp³-hybridized carbons (Fsp3) is 0.286. The number of amides is 3. The van der Waals surface area contributed by atoms with Crippen LogP contribution in [-0.4, -0.2) is 57.6 Å². The molecule has 0 aromatic heterocycles. The zero-order chi connectivity index (χ0) is 18.8. The van der Waals surface area contributed by atoms with E-state index in [0.29, 0.717) is 10.6 Å². The van der Waals surface area contributed by atoms with Gasteiger partial charge < -0.3 is 5.32 Å². The highest BCUT2D eigenvalue weighted by atomic mass is 127. The lowest BCUT2D eigenvalue weighted by molar-refractivity contribution is -0.137. The van der Waals surface area contributed by atoms with Crippen LogP contribution in [0.15, 0.2) is 24.3 Å². The highest BCUT2D eigenvalue weighted by Crippen LogP contribution is 2.20. The normalized spacial score (nSPS) is 17.7. The molecular formula is C14H13IN2O7S. The van der Waals surface area contributed by atoms with Gasteiger partial charge in [0.05, 0.1) is 17.4 Å². The summed E-state index contributed by atoms with van der Waals surface area (Å²) in [6.07, 6.45) is -0.688. The number of carbonyl (C=O) groups is 4. The van der Waals surface area contributed by atoms with E-state index in [-0.39, 0.29) is 15.9 Å². The van der Waals surface area contributed by atoms with Gasteiger partial charge in [-0.2, -0.15) is 8.42 Å². The molecule has 1 aliphatic heterocycles. The van der Waals surface area contributed by atoms with Gasteiger partial charge in [-0.15, -0.1) is 0 Å². The number of likely N-dealkylation sites (tertiary alicyclic amines) is 1. The predicted octanol–water partition coefficient (Wildman–Crippen LogP) is 0.258. The van der Waals surface area contributed by atoms with Crippen LogP contribution in [0.25, 0.3) is 0 Å². The second-order valence-corrected chi connectivity index (χ2v) is 7.57. The summed E-state index contributed by atoms with van der Waals surface area (Å²) >= 11 is 1.90. The number of halogens is 1. The Kier molecular flexibility index (Phi) is 5.90. The molecule has 0 radical (unpaired) electrons. The number of nitrogens with zero attached hydrogens (tertiary/aromatic N) is 1. The van der Waals surface area contributed by atoms with Gasteiger partial charge in [0.2, 0.25) is 11.8 Å². The van der Waals surface area contributed by atoms with Crippen molar-refractivity contribution in [1.82, 2.24) is 4.90 Å². The van der Waals surface area contributed by atoms with Crippen LogP contribution >= 0.6 is 22.6 Å². The number of alkyl halides is 1. The number of hydrogen-bond donors (Lipinski definition) is 2. The topological polar surface area (TPSA) is 138 Å². The summed E-state index contributed by atoms with van der Waals surface area (Å²) in [5.74, 6) is -2.74. The second kappa shape index (κ2) is 7.58. The molecule has 0 saturated carbocycles. The fourth-order valence-corrected chi connectivity index (χ4v) is 3.15. The summed E-state index contributed by atoms with van der Waals surface area (Å²) in [4.78, 5) is 47.6. The number of imide groups is 1. The molecule has 0 aliphatic carbocycles. The Hall–Kier alpha value is -1.86. The first kappa shape index (κ1) is 19.5. The molecule has 2 N–H and O–H groups in total. The van der Waals surface area contributed by atoms with E-state index in [1.165, 1.54) is 24.3 Å². The third-order valence-electron chi connectivity index (χ3n) is 3.48. The predicted molar refractivity (Wildman–Crippen MR) is 95.0 cm³/mol. The van der Waals surface area contributed by atoms with Crippen molar-refractivity contribution in [2.45, 2.75) is 11.7 Å². The maximum atomic E-state index is 12.2. The molecule has 11 heteroatoms. The van der Waals surface area contributed by atoms with Crippen molar-refractivity contribution in [3.8, 4) is 0 Å². The summed E-state index contributed by atoms with van der Waals surface area (Å²) in [5, 5.41) is 0.734. The van der Waals surface area contributed by atoms with Crippen LogP contribution in [-0.2, 0) is 24.5 Å². The molecule has 1 aliphatic rings. The standard InChI is InChI=1S/C14H13IN2O7S/c15-6-12(19)16-9-3-1-8(2-4-9)10(18)7-17-13(20)5-11(14(17)21)25(22,23)24/h1-4,11H,5-7H2,(H,16,19)(H,22,23,24). The molecule has 2 rings (SSSR count). The van der Waals surface area contributed by atoms with E-state index in [4.69, 9.17) is 4.55 Å². The number of rotatable bonds is 6. The van der Waals surface area contributed by atoms with E-state index in [1.54, 1.807) is 0 Å². The molecule has 1 atom stereocenters. The van der Waals surface area contributed by atoms with Crippen LogP contribution < -0.4 is 5.32 Å². The minimum atomic E-state index is -4.70. The summed E-state index contributed by atoms with van der Waals surface area (Å²) in [7, 11) is -4.70. The third-order valence-corrected chi connectivity index (χ3v) is 5.26. The highest BCUT2D eigenvalue weighted by Gasteiger charge is 2.46. The number of Topliss-reactive ketones (excluding diaryl/α,β-unsaturated/α-hetero) is 1. The van der Waals surface area contributed by atoms with Gasteiger partial charge in [0.25, 0.3) is 16.0 Å². The van der Waals surface area contributed by atoms with Gasteiger partial charge in [0.15, 0.2) is 11.0 Å². The van der Waals surface area contributed by atoms with Crippen molar-refractivity contribution in [2.24, 2.45) is 0 Å². The quantitative estimate of drug-likeness (QED) is 0.196. The smallest absolute Gasteiger partial charge is 0.277 e. The number of carbonyl (C=O) groups excluding carboxylic acids is 4. The lowest BCUT2D eigenvalue weighted by atomic mass is 10.1. The van der Waals surface area contributed by atoms with Crippen molar-refractivity contribution in [3.05, 3.63) is 29.8 Å². The summed E-state index contributed by atoms with van der Waals surface area (Å²) in [6.45, 7) is -0.622. The Balaban J connectivity index is 2.08. The number of nitrogens with one attached hydrogen (secondary N) is 1. The number of ketones is 1. The lowest BCUT2D eigenvalue weighted by Crippen LogP contribution is -2.38. The summed E-state index contributed by atoms with van der Waals surface area (Å²) in [6, 6.07) is 5.81. The monoisotopic (exact) mass is 480 g/mol. The molecule has 1 aromatic carbocycles.